The molecule has 3 saturated heterocycles. The average Bonchev–Trinajstić information content (AvgIpc) is 2.76. The first kappa shape index (κ1) is 21.2. The Morgan fingerprint density at radius 1 is 1.00 bits per heavy atom. The van der Waals surface area contributed by atoms with Crippen molar-refractivity contribution < 1.29 is 19.5 Å². The lowest BCUT2D eigenvalue weighted by molar-refractivity contribution is -0.120. The summed E-state index contributed by atoms with van der Waals surface area (Å²) in [6, 6.07) is 7.12. The summed E-state index contributed by atoms with van der Waals surface area (Å²) >= 11 is 0. The summed E-state index contributed by atoms with van der Waals surface area (Å²) in [5.74, 6) is 6.21. The zero-order valence-electron chi connectivity index (χ0n) is 17.6. The van der Waals surface area contributed by atoms with Gasteiger partial charge in [-0.2, -0.15) is 0 Å². The lowest BCUT2D eigenvalue weighted by atomic mass is 9.71. The number of anilines is 1. The molecule has 164 valence electrons. The minimum Gasteiger partial charge on any atom is -0.465 e. The van der Waals surface area contributed by atoms with Crippen LogP contribution in [0.5, 0.6) is 0 Å². The van der Waals surface area contributed by atoms with Gasteiger partial charge < -0.3 is 10.0 Å². The maximum Gasteiger partial charge on any atom is 0.407 e. The molecule has 3 aliphatic heterocycles. The van der Waals surface area contributed by atoms with E-state index in [1.165, 1.54) is 4.90 Å². The van der Waals surface area contributed by atoms with Crippen molar-refractivity contribution in [2.75, 3.05) is 44.2 Å². The summed E-state index contributed by atoms with van der Waals surface area (Å²) in [6.45, 7) is 4.42. The molecule has 0 aliphatic carbocycles. The Kier molecular flexibility index (Phi) is 6.14. The maximum absolute atomic E-state index is 11.9. The first-order chi connectivity index (χ1) is 14.9. The van der Waals surface area contributed by atoms with E-state index in [2.05, 4.69) is 22.1 Å². The van der Waals surface area contributed by atoms with E-state index in [-0.39, 0.29) is 11.9 Å². The van der Waals surface area contributed by atoms with Crippen molar-refractivity contribution in [3.8, 4) is 11.8 Å². The molecule has 1 spiro atoms. The smallest absolute Gasteiger partial charge is 0.407 e. The Morgan fingerprint density at radius 3 is 2.26 bits per heavy atom. The van der Waals surface area contributed by atoms with Crippen LogP contribution in [0.4, 0.5) is 15.3 Å². The second-order valence-electron chi connectivity index (χ2n) is 8.65. The molecular formula is C23H28N4O4. The first-order valence-electron chi connectivity index (χ1n) is 10.8. The van der Waals surface area contributed by atoms with Crippen LogP contribution in [0.15, 0.2) is 24.3 Å². The summed E-state index contributed by atoms with van der Waals surface area (Å²) in [7, 11) is 0. The van der Waals surface area contributed by atoms with E-state index in [0.29, 0.717) is 31.5 Å². The Labute approximate surface area is 182 Å². The van der Waals surface area contributed by atoms with E-state index < -0.39 is 6.09 Å². The highest BCUT2D eigenvalue weighted by Crippen LogP contribution is 2.41. The second-order valence-corrected chi connectivity index (χ2v) is 8.65. The summed E-state index contributed by atoms with van der Waals surface area (Å²) < 4.78 is 0. The fourth-order valence-corrected chi connectivity index (χ4v) is 4.65. The molecule has 1 aromatic carbocycles. The number of hydrogen-bond acceptors (Lipinski definition) is 4. The molecule has 3 aliphatic rings. The van der Waals surface area contributed by atoms with Crippen LogP contribution in [-0.4, -0.2) is 72.2 Å². The molecule has 8 heteroatoms. The van der Waals surface area contributed by atoms with Crippen molar-refractivity contribution in [2.45, 2.75) is 32.1 Å². The second kappa shape index (κ2) is 8.98. The number of piperidine rings is 2. The monoisotopic (exact) mass is 424 g/mol. The van der Waals surface area contributed by atoms with Crippen LogP contribution in [0.25, 0.3) is 0 Å². The molecule has 0 atom stereocenters. The molecule has 4 amide bonds. The number of amides is 4. The van der Waals surface area contributed by atoms with Crippen LogP contribution >= 0.6 is 0 Å². The predicted molar refractivity (Wildman–Crippen MR) is 116 cm³/mol. The van der Waals surface area contributed by atoms with Gasteiger partial charge in [0.1, 0.15) is 0 Å². The van der Waals surface area contributed by atoms with Crippen molar-refractivity contribution in [1.29, 1.82) is 0 Å². The molecule has 0 radical (unpaired) electrons. The number of likely N-dealkylation sites (tertiary alicyclic amines) is 2. The van der Waals surface area contributed by atoms with E-state index in [1.807, 2.05) is 24.3 Å². The Bertz CT molecular complexity index is 900. The van der Waals surface area contributed by atoms with Crippen molar-refractivity contribution in [2.24, 2.45) is 5.41 Å². The van der Waals surface area contributed by atoms with Crippen molar-refractivity contribution >= 4 is 23.7 Å². The number of hydrogen-bond donors (Lipinski definition) is 2. The van der Waals surface area contributed by atoms with E-state index in [1.54, 1.807) is 4.90 Å². The zero-order valence-corrected chi connectivity index (χ0v) is 17.6. The normalized spacial score (nSPS) is 21.4. The number of nitrogens with zero attached hydrogens (tertiary/aromatic N) is 3. The molecule has 0 aromatic heterocycles. The lowest BCUT2D eigenvalue weighted by Gasteiger charge is -2.46. The van der Waals surface area contributed by atoms with E-state index in [0.717, 1.165) is 56.6 Å². The number of rotatable bonds is 2. The third kappa shape index (κ3) is 5.00. The van der Waals surface area contributed by atoms with Gasteiger partial charge in [-0.25, -0.2) is 9.59 Å². The highest BCUT2D eigenvalue weighted by Gasteiger charge is 2.38. The standard InChI is InChI=1S/C23H28N4O4/c28-20-7-13-27(21(29)24-20)19-5-3-18(4-6-19)2-1-12-25-14-8-23(9-15-25)10-16-26(17-11-23)22(30)31/h3-6H,7-17H2,(H,30,31)(H,24,28,29). The Balaban J connectivity index is 1.25. The first-order valence-corrected chi connectivity index (χ1v) is 10.8. The number of carboxylic acid groups (broad SMARTS) is 1. The quantitative estimate of drug-likeness (QED) is 0.711. The van der Waals surface area contributed by atoms with Crippen LogP contribution in [-0.2, 0) is 4.79 Å². The number of imide groups is 1. The molecule has 1 aromatic rings. The lowest BCUT2D eigenvalue weighted by Crippen LogP contribution is -2.49. The summed E-state index contributed by atoms with van der Waals surface area (Å²) in [5, 5.41) is 11.5. The van der Waals surface area contributed by atoms with Crippen molar-refractivity contribution in [3.05, 3.63) is 29.8 Å². The number of nitrogens with one attached hydrogen (secondary N) is 1. The minimum absolute atomic E-state index is 0.238. The fourth-order valence-electron chi connectivity index (χ4n) is 4.65. The van der Waals surface area contributed by atoms with Crippen LogP contribution in [0.1, 0.15) is 37.7 Å². The zero-order chi connectivity index (χ0) is 21.8. The third-order valence-corrected chi connectivity index (χ3v) is 6.78. The molecule has 2 N–H and O–H groups in total. The molecule has 0 bridgehead atoms. The van der Waals surface area contributed by atoms with E-state index in [9.17, 15) is 14.4 Å². The highest BCUT2D eigenvalue weighted by atomic mass is 16.4. The highest BCUT2D eigenvalue weighted by molar-refractivity contribution is 6.05. The molecule has 0 saturated carbocycles. The molecule has 3 heterocycles. The third-order valence-electron chi connectivity index (χ3n) is 6.78. The number of benzene rings is 1. The van der Waals surface area contributed by atoms with Gasteiger partial charge in [0.25, 0.3) is 0 Å². The molecular weight excluding hydrogens is 396 g/mol. The van der Waals surface area contributed by atoms with Gasteiger partial charge in [0.05, 0.1) is 6.54 Å². The maximum atomic E-state index is 11.9. The average molecular weight is 425 g/mol. The van der Waals surface area contributed by atoms with Gasteiger partial charge in [-0.1, -0.05) is 11.8 Å². The van der Waals surface area contributed by atoms with Gasteiger partial charge in [-0.15, -0.1) is 0 Å². The van der Waals surface area contributed by atoms with Crippen molar-refractivity contribution in [1.82, 2.24) is 15.1 Å². The van der Waals surface area contributed by atoms with E-state index in [4.69, 9.17) is 5.11 Å². The summed E-state index contributed by atoms with van der Waals surface area (Å²) in [5.41, 5.74) is 1.95. The molecule has 31 heavy (non-hydrogen) atoms. The largest absolute Gasteiger partial charge is 0.465 e. The molecule has 0 unspecified atom stereocenters. The van der Waals surface area contributed by atoms with Gasteiger partial charge in [0, 0.05) is 37.3 Å². The van der Waals surface area contributed by atoms with Gasteiger partial charge >= 0.3 is 12.1 Å². The Morgan fingerprint density at radius 2 is 1.65 bits per heavy atom. The SMILES string of the molecule is O=C1CCN(c2ccc(C#CCN3CCC4(CC3)CCN(C(=O)O)CC4)cc2)C(=O)N1. The number of urea groups is 1. The number of carbonyl (C=O) groups excluding carboxylic acids is 2. The van der Waals surface area contributed by atoms with Crippen LogP contribution in [0, 0.1) is 17.3 Å². The van der Waals surface area contributed by atoms with Gasteiger partial charge in [0.2, 0.25) is 5.91 Å². The molecule has 4 rings (SSSR count). The summed E-state index contributed by atoms with van der Waals surface area (Å²) in [6.07, 6.45) is 3.66. The topological polar surface area (TPSA) is 93.2 Å². The predicted octanol–water partition coefficient (Wildman–Crippen LogP) is 2.34. The minimum atomic E-state index is -0.801. The van der Waals surface area contributed by atoms with Crippen LogP contribution in [0.3, 0.4) is 0 Å². The summed E-state index contributed by atoms with van der Waals surface area (Å²) in [4.78, 5) is 39.8. The number of carbonyl (C=O) groups is 3. The van der Waals surface area contributed by atoms with Crippen LogP contribution < -0.4 is 10.2 Å². The van der Waals surface area contributed by atoms with E-state index >= 15 is 0 Å². The molecule has 8 nitrogen and oxygen atoms in total. The van der Waals surface area contributed by atoms with Gasteiger partial charge in [0.15, 0.2) is 0 Å². The van der Waals surface area contributed by atoms with Gasteiger partial charge in [-0.3, -0.25) is 19.9 Å². The van der Waals surface area contributed by atoms with Crippen molar-refractivity contribution in [3.63, 3.8) is 0 Å². The van der Waals surface area contributed by atoms with Crippen LogP contribution in [0.2, 0.25) is 0 Å². The van der Waals surface area contributed by atoms with Gasteiger partial charge in [-0.05, 0) is 68.5 Å². The molecule has 3 fully saturated rings. The Hall–Kier alpha value is -3.05. The fraction of sp³-hybridized carbons (Fsp3) is 0.522.